The van der Waals surface area contributed by atoms with Crippen LogP contribution >= 0.6 is 35.6 Å². The molecule has 1 aromatic heterocycles. The summed E-state index contributed by atoms with van der Waals surface area (Å²) in [6, 6.07) is 10.7. The van der Waals surface area contributed by atoms with Crippen LogP contribution in [0, 0.1) is 6.92 Å². The van der Waals surface area contributed by atoms with Crippen molar-refractivity contribution >= 4 is 41.2 Å². The predicted molar refractivity (Wildman–Crippen MR) is 109 cm³/mol. The van der Waals surface area contributed by atoms with Crippen LogP contribution in [0.4, 0.5) is 0 Å². The van der Waals surface area contributed by atoms with E-state index in [1.54, 1.807) is 0 Å². The number of benzene rings is 1. The molecule has 0 aliphatic carbocycles. The molecule has 1 aromatic carbocycles. The number of unbranched alkanes of at least 4 members (excludes halogenated alkanes) is 1. The van der Waals surface area contributed by atoms with Crippen molar-refractivity contribution < 1.29 is 0 Å². The molecule has 0 spiro atoms. The van der Waals surface area contributed by atoms with Gasteiger partial charge in [-0.3, -0.25) is 4.90 Å². The van der Waals surface area contributed by atoms with Crippen LogP contribution in [-0.4, -0.2) is 34.1 Å². The second-order valence-electron chi connectivity index (χ2n) is 6.25. The quantitative estimate of drug-likeness (QED) is 0.598. The summed E-state index contributed by atoms with van der Waals surface area (Å²) < 4.78 is 1.99. The van der Waals surface area contributed by atoms with Gasteiger partial charge >= 0.3 is 0 Å². The molecule has 0 N–H and O–H groups in total. The molecule has 0 saturated heterocycles. The van der Waals surface area contributed by atoms with Gasteiger partial charge in [0, 0.05) is 19.6 Å². The zero-order valence-electron chi connectivity index (χ0n) is 14.4. The SMILES string of the molecule is Cc1nc(Cl)c(Cl)n1CCCCN1CC=C(c2ccccc2)CC1.Cl. The second kappa shape index (κ2) is 9.63. The zero-order valence-corrected chi connectivity index (χ0v) is 16.7. The summed E-state index contributed by atoms with van der Waals surface area (Å²) in [7, 11) is 0. The van der Waals surface area contributed by atoms with E-state index in [0.29, 0.717) is 10.3 Å². The van der Waals surface area contributed by atoms with Gasteiger partial charge in [0.25, 0.3) is 0 Å². The molecular formula is C19H24Cl3N3. The van der Waals surface area contributed by atoms with E-state index in [0.717, 1.165) is 51.3 Å². The van der Waals surface area contributed by atoms with Crippen LogP contribution in [0.15, 0.2) is 36.4 Å². The van der Waals surface area contributed by atoms with Crippen molar-refractivity contribution in [1.82, 2.24) is 14.5 Å². The fourth-order valence-corrected chi connectivity index (χ4v) is 3.67. The monoisotopic (exact) mass is 399 g/mol. The first-order valence-electron chi connectivity index (χ1n) is 8.50. The van der Waals surface area contributed by atoms with Crippen molar-refractivity contribution in [2.45, 2.75) is 32.7 Å². The molecule has 25 heavy (non-hydrogen) atoms. The van der Waals surface area contributed by atoms with Gasteiger partial charge in [-0.05, 0) is 43.9 Å². The summed E-state index contributed by atoms with van der Waals surface area (Å²) in [5.41, 5.74) is 2.83. The molecule has 0 fully saturated rings. The number of aryl methyl sites for hydroxylation is 1. The standard InChI is InChI=1S/C19H23Cl2N3.ClH/c1-15-22-18(20)19(21)24(15)12-6-5-11-23-13-9-17(10-14-23)16-7-3-2-4-8-16;/h2-4,7-9H,5-6,10-14H2,1H3;1H. The predicted octanol–water partition coefficient (Wildman–Crippen LogP) is 5.49. The number of imidazole rings is 1. The molecule has 3 nitrogen and oxygen atoms in total. The summed E-state index contributed by atoms with van der Waals surface area (Å²) in [5.74, 6) is 0.887. The minimum absolute atomic E-state index is 0. The first-order chi connectivity index (χ1) is 11.6. The van der Waals surface area contributed by atoms with E-state index in [1.165, 1.54) is 11.1 Å². The lowest BCUT2D eigenvalue weighted by molar-refractivity contribution is 0.292. The molecule has 1 aliphatic rings. The molecule has 0 radical (unpaired) electrons. The normalized spacial score (nSPS) is 14.9. The summed E-state index contributed by atoms with van der Waals surface area (Å²) in [4.78, 5) is 6.71. The summed E-state index contributed by atoms with van der Waals surface area (Å²) in [6.45, 7) is 6.12. The van der Waals surface area contributed by atoms with E-state index in [-0.39, 0.29) is 12.4 Å². The van der Waals surface area contributed by atoms with Crippen LogP contribution in [0.1, 0.15) is 30.7 Å². The lowest BCUT2D eigenvalue weighted by Gasteiger charge is -2.26. The maximum atomic E-state index is 6.17. The van der Waals surface area contributed by atoms with E-state index < -0.39 is 0 Å². The highest BCUT2D eigenvalue weighted by molar-refractivity contribution is 6.40. The Hall–Kier alpha value is -1.00. The van der Waals surface area contributed by atoms with Crippen molar-refractivity contribution in [2.75, 3.05) is 19.6 Å². The second-order valence-corrected chi connectivity index (χ2v) is 6.96. The minimum Gasteiger partial charge on any atom is -0.318 e. The van der Waals surface area contributed by atoms with E-state index in [2.05, 4.69) is 46.3 Å². The summed E-state index contributed by atoms with van der Waals surface area (Å²) >= 11 is 12.1. The van der Waals surface area contributed by atoms with Crippen molar-refractivity contribution in [3.63, 3.8) is 0 Å². The molecule has 0 unspecified atom stereocenters. The summed E-state index contributed by atoms with van der Waals surface area (Å²) in [5, 5.41) is 0.964. The molecule has 136 valence electrons. The Balaban J connectivity index is 0.00000225. The topological polar surface area (TPSA) is 21.1 Å². The van der Waals surface area contributed by atoms with Crippen molar-refractivity contribution in [1.29, 1.82) is 0 Å². The van der Waals surface area contributed by atoms with Gasteiger partial charge in [0.15, 0.2) is 5.15 Å². The van der Waals surface area contributed by atoms with Gasteiger partial charge in [-0.2, -0.15) is 0 Å². The number of hydrogen-bond acceptors (Lipinski definition) is 2. The fraction of sp³-hybridized carbons (Fsp3) is 0.421. The van der Waals surface area contributed by atoms with Gasteiger partial charge in [-0.1, -0.05) is 59.6 Å². The number of hydrogen-bond donors (Lipinski definition) is 0. The van der Waals surface area contributed by atoms with Gasteiger partial charge in [-0.15, -0.1) is 12.4 Å². The minimum atomic E-state index is 0. The smallest absolute Gasteiger partial charge is 0.166 e. The Morgan fingerprint density at radius 2 is 1.80 bits per heavy atom. The molecule has 0 saturated carbocycles. The van der Waals surface area contributed by atoms with Crippen LogP contribution in [0.5, 0.6) is 0 Å². The first-order valence-corrected chi connectivity index (χ1v) is 9.25. The zero-order chi connectivity index (χ0) is 16.9. The molecule has 0 bridgehead atoms. The molecule has 1 aliphatic heterocycles. The summed E-state index contributed by atoms with van der Waals surface area (Å²) in [6.07, 6.45) is 5.74. The van der Waals surface area contributed by atoms with Crippen molar-refractivity contribution in [3.05, 3.63) is 58.1 Å². The van der Waals surface area contributed by atoms with Gasteiger partial charge in [0.1, 0.15) is 11.0 Å². The molecule has 0 amide bonds. The van der Waals surface area contributed by atoms with Crippen LogP contribution in [0.25, 0.3) is 5.57 Å². The van der Waals surface area contributed by atoms with Gasteiger partial charge in [0.2, 0.25) is 0 Å². The third-order valence-corrected chi connectivity index (χ3v) is 5.34. The van der Waals surface area contributed by atoms with E-state index >= 15 is 0 Å². The number of nitrogens with zero attached hydrogens (tertiary/aromatic N) is 3. The lowest BCUT2D eigenvalue weighted by atomic mass is 9.99. The maximum absolute atomic E-state index is 6.17. The highest BCUT2D eigenvalue weighted by Gasteiger charge is 2.13. The Kier molecular flexibility index (Phi) is 7.82. The van der Waals surface area contributed by atoms with Crippen molar-refractivity contribution in [3.8, 4) is 0 Å². The Morgan fingerprint density at radius 3 is 2.40 bits per heavy atom. The molecule has 6 heteroatoms. The van der Waals surface area contributed by atoms with Gasteiger partial charge in [-0.25, -0.2) is 4.98 Å². The van der Waals surface area contributed by atoms with Crippen molar-refractivity contribution in [2.24, 2.45) is 0 Å². The third kappa shape index (κ3) is 5.24. The molecule has 2 aromatic rings. The van der Waals surface area contributed by atoms with Gasteiger partial charge < -0.3 is 4.57 Å². The van der Waals surface area contributed by atoms with Crippen LogP contribution in [0.3, 0.4) is 0 Å². The van der Waals surface area contributed by atoms with Gasteiger partial charge in [0.05, 0.1) is 0 Å². The lowest BCUT2D eigenvalue weighted by Crippen LogP contribution is -2.29. The molecule has 2 heterocycles. The maximum Gasteiger partial charge on any atom is 0.166 e. The highest BCUT2D eigenvalue weighted by atomic mass is 35.5. The largest absolute Gasteiger partial charge is 0.318 e. The van der Waals surface area contributed by atoms with Crippen LogP contribution in [-0.2, 0) is 6.54 Å². The molecular weight excluding hydrogens is 377 g/mol. The number of halogens is 3. The average molecular weight is 401 g/mol. The van der Waals surface area contributed by atoms with E-state index in [9.17, 15) is 0 Å². The molecule has 3 rings (SSSR count). The molecule has 0 atom stereocenters. The van der Waals surface area contributed by atoms with Crippen LogP contribution in [0.2, 0.25) is 10.3 Å². The van der Waals surface area contributed by atoms with E-state index in [4.69, 9.17) is 23.2 Å². The van der Waals surface area contributed by atoms with Crippen LogP contribution < -0.4 is 0 Å². The Labute approximate surface area is 166 Å². The fourth-order valence-electron chi connectivity index (χ4n) is 3.20. The highest BCUT2D eigenvalue weighted by Crippen LogP contribution is 2.24. The number of rotatable bonds is 6. The Bertz CT molecular complexity index is 710. The average Bonchev–Trinajstić information content (AvgIpc) is 2.85. The van der Waals surface area contributed by atoms with E-state index in [1.807, 2.05) is 11.5 Å². The Morgan fingerprint density at radius 1 is 1.08 bits per heavy atom. The first kappa shape index (κ1) is 20.3. The number of aromatic nitrogens is 2. The third-order valence-electron chi connectivity index (χ3n) is 4.60.